The molecule has 6 nitrogen and oxygen atoms in total. The van der Waals surface area contributed by atoms with Crippen LogP contribution in [0.25, 0.3) is 11.4 Å². The molecule has 0 amide bonds. The molecule has 1 saturated heterocycles. The molecule has 3 atom stereocenters. The number of ether oxygens (including phenoxy) is 1. The molecular weight excluding hydrogens is 266 g/mol. The second-order valence-corrected chi connectivity index (χ2v) is 5.78. The molecule has 0 bridgehead atoms. The molecule has 21 heavy (non-hydrogen) atoms. The number of hydrogen-bond acceptors (Lipinski definition) is 5. The lowest BCUT2D eigenvalue weighted by Gasteiger charge is -2.28. The lowest BCUT2D eigenvalue weighted by atomic mass is 10.0. The minimum Gasteiger partial charge on any atom is -0.373 e. The van der Waals surface area contributed by atoms with Gasteiger partial charge in [-0.2, -0.15) is 4.98 Å². The van der Waals surface area contributed by atoms with Crippen molar-refractivity contribution in [2.75, 3.05) is 11.9 Å². The average Bonchev–Trinajstić information content (AvgIpc) is 3.14. The smallest absolute Gasteiger partial charge is 0.222 e. The summed E-state index contributed by atoms with van der Waals surface area (Å²) in [5, 5.41) is 8.04. The van der Waals surface area contributed by atoms with Gasteiger partial charge in [-0.1, -0.05) is 0 Å². The molecule has 2 aliphatic heterocycles. The Bertz CT molecular complexity index is 626. The van der Waals surface area contributed by atoms with E-state index in [1.165, 1.54) is 0 Å². The summed E-state index contributed by atoms with van der Waals surface area (Å²) in [4.78, 5) is 8.66. The van der Waals surface area contributed by atoms with Crippen molar-refractivity contribution in [3.8, 4) is 11.4 Å². The van der Waals surface area contributed by atoms with E-state index in [1.807, 2.05) is 16.8 Å². The largest absolute Gasteiger partial charge is 0.373 e. The van der Waals surface area contributed by atoms with Gasteiger partial charge in [0.15, 0.2) is 5.82 Å². The van der Waals surface area contributed by atoms with E-state index in [2.05, 4.69) is 22.2 Å². The van der Waals surface area contributed by atoms with E-state index < -0.39 is 0 Å². The van der Waals surface area contributed by atoms with E-state index in [4.69, 9.17) is 9.84 Å². The Morgan fingerprint density at radius 2 is 2.10 bits per heavy atom. The summed E-state index contributed by atoms with van der Waals surface area (Å²) in [7, 11) is 0. The molecule has 1 N–H and O–H groups in total. The van der Waals surface area contributed by atoms with Gasteiger partial charge in [0.1, 0.15) is 0 Å². The van der Waals surface area contributed by atoms with Crippen LogP contribution < -0.4 is 5.32 Å². The van der Waals surface area contributed by atoms with E-state index >= 15 is 0 Å². The molecule has 0 spiro atoms. The van der Waals surface area contributed by atoms with Crippen LogP contribution in [0.5, 0.6) is 0 Å². The van der Waals surface area contributed by atoms with Crippen LogP contribution in [-0.2, 0) is 4.74 Å². The fourth-order valence-electron chi connectivity index (χ4n) is 3.21. The summed E-state index contributed by atoms with van der Waals surface area (Å²) in [5.74, 6) is 1.60. The van der Waals surface area contributed by atoms with Crippen LogP contribution in [-0.4, -0.2) is 38.5 Å². The number of nitrogens with one attached hydrogen (secondary N) is 1. The van der Waals surface area contributed by atoms with Crippen molar-refractivity contribution in [1.82, 2.24) is 19.7 Å². The van der Waals surface area contributed by atoms with E-state index in [9.17, 15) is 0 Å². The zero-order chi connectivity index (χ0) is 14.2. The monoisotopic (exact) mass is 285 g/mol. The first-order valence-corrected chi connectivity index (χ1v) is 7.57. The van der Waals surface area contributed by atoms with Crippen molar-refractivity contribution in [2.45, 2.75) is 44.4 Å². The Kier molecular flexibility index (Phi) is 3.11. The van der Waals surface area contributed by atoms with Crippen LogP contribution in [0.15, 0.2) is 24.5 Å². The van der Waals surface area contributed by atoms with Gasteiger partial charge in [0.05, 0.1) is 18.2 Å². The van der Waals surface area contributed by atoms with Gasteiger partial charge < -0.3 is 10.1 Å². The molecular formula is C15H19N5O. The van der Waals surface area contributed by atoms with Crippen LogP contribution in [0.2, 0.25) is 0 Å². The molecule has 0 radical (unpaired) electrons. The molecule has 4 rings (SSSR count). The maximum Gasteiger partial charge on any atom is 0.222 e. The van der Waals surface area contributed by atoms with Crippen LogP contribution in [0.1, 0.15) is 32.2 Å². The van der Waals surface area contributed by atoms with Crippen LogP contribution in [0, 0.1) is 0 Å². The summed E-state index contributed by atoms with van der Waals surface area (Å²) >= 11 is 0. The minimum atomic E-state index is 0.257. The predicted octanol–water partition coefficient (Wildman–Crippen LogP) is 2.26. The highest BCUT2D eigenvalue weighted by Gasteiger charge is 2.35. The molecule has 110 valence electrons. The Morgan fingerprint density at radius 3 is 2.86 bits per heavy atom. The molecule has 2 aliphatic rings. The van der Waals surface area contributed by atoms with E-state index in [0.717, 1.165) is 43.1 Å². The standard InChI is InChI=1S/C15H19N5O/c1-10-2-3-13(21-10)12-6-9-17-15-18-14(19-20(12)15)11-4-7-16-8-5-11/h4-5,7-8,10,12-13H,2-3,6,9H2,1H3,(H,17,18,19). The molecule has 4 heterocycles. The van der Waals surface area contributed by atoms with Gasteiger partial charge in [0, 0.05) is 24.5 Å². The topological polar surface area (TPSA) is 64.9 Å². The second kappa shape index (κ2) is 5.11. The number of rotatable bonds is 2. The van der Waals surface area contributed by atoms with Gasteiger partial charge in [-0.25, -0.2) is 4.68 Å². The zero-order valence-electron chi connectivity index (χ0n) is 12.1. The van der Waals surface area contributed by atoms with Gasteiger partial charge in [-0.15, -0.1) is 5.10 Å². The van der Waals surface area contributed by atoms with Crippen molar-refractivity contribution >= 4 is 5.95 Å². The average molecular weight is 285 g/mol. The molecule has 2 aromatic rings. The van der Waals surface area contributed by atoms with Crippen molar-refractivity contribution < 1.29 is 4.74 Å². The number of fused-ring (bicyclic) bond motifs is 1. The normalized spacial score (nSPS) is 28.1. The first kappa shape index (κ1) is 12.8. The third-order valence-electron chi connectivity index (χ3n) is 4.30. The number of aromatic nitrogens is 4. The molecule has 0 aliphatic carbocycles. The predicted molar refractivity (Wildman–Crippen MR) is 79.0 cm³/mol. The molecule has 6 heteroatoms. The highest BCUT2D eigenvalue weighted by atomic mass is 16.5. The van der Waals surface area contributed by atoms with Gasteiger partial charge in [-0.3, -0.25) is 4.98 Å². The summed E-state index contributed by atoms with van der Waals surface area (Å²) in [5.41, 5.74) is 0.994. The first-order valence-electron chi connectivity index (χ1n) is 7.57. The third kappa shape index (κ3) is 2.29. The Hall–Kier alpha value is -1.95. The maximum atomic E-state index is 6.05. The number of pyridine rings is 1. The Labute approximate surface area is 123 Å². The van der Waals surface area contributed by atoms with E-state index in [1.54, 1.807) is 12.4 Å². The SMILES string of the molecule is CC1CCC(C2CCNc3nc(-c4ccncc4)nn32)O1. The summed E-state index contributed by atoms with van der Waals surface area (Å²) in [6.07, 6.45) is 7.42. The third-order valence-corrected chi connectivity index (χ3v) is 4.30. The molecule has 0 saturated carbocycles. The quantitative estimate of drug-likeness (QED) is 0.917. The molecule has 2 aromatic heterocycles. The van der Waals surface area contributed by atoms with Gasteiger partial charge in [0.25, 0.3) is 0 Å². The van der Waals surface area contributed by atoms with Crippen LogP contribution in [0.3, 0.4) is 0 Å². The number of hydrogen-bond donors (Lipinski definition) is 1. The molecule has 1 fully saturated rings. The van der Waals surface area contributed by atoms with Crippen molar-refractivity contribution in [3.05, 3.63) is 24.5 Å². The first-order chi connectivity index (χ1) is 10.3. The summed E-state index contributed by atoms with van der Waals surface area (Å²) in [6.45, 7) is 3.07. The lowest BCUT2D eigenvalue weighted by Crippen LogP contribution is -2.32. The number of nitrogens with zero attached hydrogens (tertiary/aromatic N) is 4. The highest BCUT2D eigenvalue weighted by Crippen LogP contribution is 2.34. The van der Waals surface area contributed by atoms with Crippen LogP contribution in [0.4, 0.5) is 5.95 Å². The van der Waals surface area contributed by atoms with Crippen molar-refractivity contribution in [3.63, 3.8) is 0 Å². The fraction of sp³-hybridized carbons (Fsp3) is 0.533. The summed E-state index contributed by atoms with van der Waals surface area (Å²) in [6, 6.07) is 4.16. The second-order valence-electron chi connectivity index (χ2n) is 5.78. The Balaban J connectivity index is 1.67. The van der Waals surface area contributed by atoms with Gasteiger partial charge >= 0.3 is 0 Å². The fourth-order valence-corrected chi connectivity index (χ4v) is 3.21. The number of anilines is 1. The highest BCUT2D eigenvalue weighted by molar-refractivity contribution is 5.55. The van der Waals surface area contributed by atoms with Crippen molar-refractivity contribution in [1.29, 1.82) is 0 Å². The van der Waals surface area contributed by atoms with E-state index in [0.29, 0.717) is 6.10 Å². The lowest BCUT2D eigenvalue weighted by molar-refractivity contribution is 0.0173. The molecule has 3 unspecified atom stereocenters. The Morgan fingerprint density at radius 1 is 1.24 bits per heavy atom. The molecule has 0 aromatic carbocycles. The maximum absolute atomic E-state index is 6.05. The van der Waals surface area contributed by atoms with Crippen LogP contribution >= 0.6 is 0 Å². The van der Waals surface area contributed by atoms with E-state index in [-0.39, 0.29) is 12.1 Å². The zero-order valence-corrected chi connectivity index (χ0v) is 12.1. The van der Waals surface area contributed by atoms with Gasteiger partial charge in [-0.05, 0) is 38.3 Å². The summed E-state index contributed by atoms with van der Waals surface area (Å²) < 4.78 is 8.06. The van der Waals surface area contributed by atoms with Crippen molar-refractivity contribution in [2.24, 2.45) is 0 Å². The minimum absolute atomic E-state index is 0.257. The van der Waals surface area contributed by atoms with Gasteiger partial charge in [0.2, 0.25) is 5.95 Å².